The normalized spacial score (nSPS) is 11.3. The first-order valence-electron chi connectivity index (χ1n) is 8.72. The van der Waals surface area contributed by atoms with E-state index in [1.165, 1.54) is 21.4 Å². The maximum Gasteiger partial charge on any atom is 0.364 e. The Bertz CT molecular complexity index is 1360. The van der Waals surface area contributed by atoms with Gasteiger partial charge in [0.1, 0.15) is 5.69 Å². The van der Waals surface area contributed by atoms with Gasteiger partial charge in [-0.25, -0.2) is 18.3 Å². The van der Waals surface area contributed by atoms with E-state index in [-0.39, 0.29) is 23.2 Å². The number of halogens is 2. The van der Waals surface area contributed by atoms with E-state index in [1.807, 2.05) is 0 Å². The van der Waals surface area contributed by atoms with Crippen molar-refractivity contribution in [2.75, 3.05) is 0 Å². The van der Waals surface area contributed by atoms with Crippen LogP contribution < -0.4 is 11.2 Å². The second-order valence-electron chi connectivity index (χ2n) is 6.43. The zero-order valence-corrected chi connectivity index (χ0v) is 15.2. The van der Waals surface area contributed by atoms with Gasteiger partial charge in [0.15, 0.2) is 11.6 Å². The van der Waals surface area contributed by atoms with Crippen LogP contribution in [0.1, 0.15) is 12.5 Å². The van der Waals surface area contributed by atoms with Crippen LogP contribution in [0.2, 0.25) is 0 Å². The van der Waals surface area contributed by atoms with Crippen LogP contribution in [0.3, 0.4) is 0 Å². The Morgan fingerprint density at radius 1 is 1.07 bits per heavy atom. The smallest absolute Gasteiger partial charge is 0.364 e. The number of rotatable bonds is 4. The van der Waals surface area contributed by atoms with Crippen LogP contribution in [-0.4, -0.2) is 29.5 Å². The summed E-state index contributed by atoms with van der Waals surface area (Å²) in [5.74, 6) is -1.87. The summed E-state index contributed by atoms with van der Waals surface area (Å²) in [5, 5.41) is 17.9. The van der Waals surface area contributed by atoms with Crippen LogP contribution >= 0.6 is 0 Å². The predicted molar refractivity (Wildman–Crippen MR) is 99.8 cm³/mol. The summed E-state index contributed by atoms with van der Waals surface area (Å²) in [5.41, 5.74) is 0.251. The fourth-order valence-corrected chi connectivity index (χ4v) is 3.16. The third kappa shape index (κ3) is 3.18. The number of nitrogens with zero attached hydrogens (tertiary/aromatic N) is 5. The van der Waals surface area contributed by atoms with E-state index in [2.05, 4.69) is 10.3 Å². The highest BCUT2D eigenvalue weighted by atomic mass is 19.2. The van der Waals surface area contributed by atoms with E-state index >= 15 is 0 Å². The topological polar surface area (TPSA) is 94.9 Å². The van der Waals surface area contributed by atoms with Crippen molar-refractivity contribution in [3.05, 3.63) is 80.6 Å². The number of benzene rings is 2. The lowest BCUT2D eigenvalue weighted by Gasteiger charge is -2.09. The van der Waals surface area contributed by atoms with E-state index < -0.39 is 22.9 Å². The second kappa shape index (κ2) is 6.97. The Labute approximate surface area is 161 Å². The van der Waals surface area contributed by atoms with Gasteiger partial charge < -0.3 is 5.21 Å². The van der Waals surface area contributed by atoms with Gasteiger partial charge >= 0.3 is 5.69 Å². The van der Waals surface area contributed by atoms with Gasteiger partial charge in [0, 0.05) is 12.1 Å². The molecule has 0 aliphatic heterocycles. The first-order chi connectivity index (χ1) is 13.9. The Kier molecular flexibility index (Phi) is 4.45. The quantitative estimate of drug-likeness (QED) is 0.530. The molecule has 8 nitrogen and oxygen atoms in total. The zero-order chi connectivity index (χ0) is 20.7. The van der Waals surface area contributed by atoms with E-state index in [0.717, 1.165) is 12.1 Å². The third-order valence-corrected chi connectivity index (χ3v) is 4.60. The molecule has 0 radical (unpaired) electrons. The minimum absolute atomic E-state index is 0.0789. The van der Waals surface area contributed by atoms with Crippen molar-refractivity contribution in [1.82, 2.24) is 24.3 Å². The molecule has 1 N–H and O–H groups in total. The lowest BCUT2D eigenvalue weighted by atomic mass is 10.1. The van der Waals surface area contributed by atoms with Crippen LogP contribution in [0.5, 0.6) is 0 Å². The molecule has 148 valence electrons. The molecule has 2 aromatic heterocycles. The number of hydrogen-bond donors (Lipinski definition) is 1. The summed E-state index contributed by atoms with van der Waals surface area (Å²) in [6.45, 7) is 2.18. The van der Waals surface area contributed by atoms with Gasteiger partial charge in [0.2, 0.25) is 0 Å². The number of fused-ring (bicyclic) bond motifs is 1. The van der Waals surface area contributed by atoms with Gasteiger partial charge in [-0.2, -0.15) is 0 Å². The van der Waals surface area contributed by atoms with Crippen molar-refractivity contribution in [2.45, 2.75) is 20.0 Å². The molecule has 0 spiro atoms. The molecule has 0 aliphatic carbocycles. The molecule has 0 fully saturated rings. The molecule has 2 aromatic carbocycles. The lowest BCUT2D eigenvalue weighted by Crippen LogP contribution is -2.38. The second-order valence-corrected chi connectivity index (χ2v) is 6.43. The predicted octanol–water partition coefficient (Wildman–Crippen LogP) is 2.01. The molecule has 2 heterocycles. The number of hydrogen-bond acceptors (Lipinski definition) is 5. The van der Waals surface area contributed by atoms with Gasteiger partial charge in [-0.05, 0) is 36.8 Å². The maximum absolute atomic E-state index is 13.4. The van der Waals surface area contributed by atoms with Gasteiger partial charge in [-0.15, -0.1) is 5.10 Å². The summed E-state index contributed by atoms with van der Waals surface area (Å²) in [7, 11) is 0. The fourth-order valence-electron chi connectivity index (χ4n) is 3.16. The van der Waals surface area contributed by atoms with E-state index in [4.69, 9.17) is 0 Å². The molecule has 0 atom stereocenters. The highest BCUT2D eigenvalue weighted by Crippen LogP contribution is 2.21. The molecule has 0 bridgehead atoms. The van der Waals surface area contributed by atoms with Crippen LogP contribution in [-0.2, 0) is 13.1 Å². The van der Waals surface area contributed by atoms with E-state index in [9.17, 15) is 23.6 Å². The Morgan fingerprint density at radius 2 is 1.86 bits per heavy atom. The summed E-state index contributed by atoms with van der Waals surface area (Å²) in [6, 6.07) is 8.37. The molecular formula is C19H15F2N5O3. The Morgan fingerprint density at radius 3 is 2.59 bits per heavy atom. The highest BCUT2D eigenvalue weighted by Gasteiger charge is 2.14. The van der Waals surface area contributed by atoms with Crippen LogP contribution in [0.15, 0.2) is 52.2 Å². The van der Waals surface area contributed by atoms with Crippen molar-refractivity contribution >= 4 is 10.9 Å². The third-order valence-electron chi connectivity index (χ3n) is 4.60. The summed E-state index contributed by atoms with van der Waals surface area (Å²) < 4.78 is 29.2. The van der Waals surface area contributed by atoms with Gasteiger partial charge in [-0.3, -0.25) is 9.36 Å². The molecule has 0 unspecified atom stereocenters. The van der Waals surface area contributed by atoms with Crippen molar-refractivity contribution in [3.8, 4) is 11.3 Å². The minimum atomic E-state index is -0.945. The van der Waals surface area contributed by atoms with Crippen molar-refractivity contribution in [3.63, 3.8) is 0 Å². The van der Waals surface area contributed by atoms with Crippen LogP contribution in [0.25, 0.3) is 22.2 Å². The van der Waals surface area contributed by atoms with Crippen molar-refractivity contribution < 1.29 is 14.0 Å². The molecule has 0 amide bonds. The standard InChI is InChI=1S/C19H15F2N5O3/c1-2-25-17-6-4-12(8-13(17)18(27)26(29)19(25)28)16-10-24(23-22-16)9-11-3-5-14(20)15(21)7-11/h3-8,10,29H,2,9H2,1H3. The summed E-state index contributed by atoms with van der Waals surface area (Å²) in [4.78, 5) is 24.3. The van der Waals surface area contributed by atoms with Gasteiger partial charge in [0.05, 0.1) is 23.6 Å². The fraction of sp³-hybridized carbons (Fsp3) is 0.158. The van der Waals surface area contributed by atoms with Crippen LogP contribution in [0.4, 0.5) is 8.78 Å². The van der Waals surface area contributed by atoms with E-state index in [1.54, 1.807) is 25.3 Å². The van der Waals surface area contributed by atoms with Crippen LogP contribution in [0, 0.1) is 11.6 Å². The molecule has 10 heteroatoms. The van der Waals surface area contributed by atoms with Crippen molar-refractivity contribution in [1.29, 1.82) is 0 Å². The van der Waals surface area contributed by atoms with E-state index in [0.29, 0.717) is 22.3 Å². The molecular weight excluding hydrogens is 384 g/mol. The first-order valence-corrected chi connectivity index (χ1v) is 8.72. The summed E-state index contributed by atoms with van der Waals surface area (Å²) >= 11 is 0. The first kappa shape index (κ1) is 18.5. The Balaban J connectivity index is 1.73. The molecule has 0 aliphatic rings. The Hall–Kier alpha value is -3.82. The molecule has 0 saturated heterocycles. The minimum Gasteiger partial charge on any atom is -0.421 e. The average molecular weight is 399 g/mol. The number of aromatic nitrogens is 5. The highest BCUT2D eigenvalue weighted by molar-refractivity contribution is 5.83. The molecule has 4 rings (SSSR count). The monoisotopic (exact) mass is 399 g/mol. The lowest BCUT2D eigenvalue weighted by molar-refractivity contribution is 0.157. The molecule has 0 saturated carbocycles. The molecule has 4 aromatic rings. The largest absolute Gasteiger partial charge is 0.421 e. The van der Waals surface area contributed by atoms with Gasteiger partial charge in [-0.1, -0.05) is 22.1 Å². The molecule has 29 heavy (non-hydrogen) atoms. The summed E-state index contributed by atoms with van der Waals surface area (Å²) in [6.07, 6.45) is 1.59. The number of aryl methyl sites for hydroxylation is 1. The average Bonchev–Trinajstić information content (AvgIpc) is 3.18. The van der Waals surface area contributed by atoms with Crippen molar-refractivity contribution in [2.24, 2.45) is 0 Å². The SMILES string of the molecule is CCn1c(=O)n(O)c(=O)c2cc(-c3cn(Cc4ccc(F)c(F)c4)nn3)ccc21. The van der Waals surface area contributed by atoms with Gasteiger partial charge in [0.25, 0.3) is 5.56 Å². The zero-order valence-electron chi connectivity index (χ0n) is 15.2. The maximum atomic E-state index is 13.4.